The smallest absolute Gasteiger partial charge is 0.303 e. The second kappa shape index (κ2) is 8.53. The number of amides is 1. The lowest BCUT2D eigenvalue weighted by molar-refractivity contribution is -0.137. The fourth-order valence-electron chi connectivity index (χ4n) is 2.55. The number of carbonyl (C=O) groups is 2. The largest absolute Gasteiger partial charge is 0.484 e. The Kier molecular flexibility index (Phi) is 6.40. The Hall–Kier alpha value is -2.08. The van der Waals surface area contributed by atoms with Gasteiger partial charge in [0.2, 0.25) is 0 Å². The van der Waals surface area contributed by atoms with Crippen LogP contribution in [0.15, 0.2) is 24.3 Å². The van der Waals surface area contributed by atoms with E-state index in [4.69, 9.17) is 9.84 Å². The van der Waals surface area contributed by atoms with Gasteiger partial charge in [-0.2, -0.15) is 0 Å². The molecule has 1 amide bonds. The average molecular weight is 320 g/mol. The van der Waals surface area contributed by atoms with Crippen molar-refractivity contribution in [3.8, 4) is 5.75 Å². The second-order valence-electron chi connectivity index (χ2n) is 5.82. The van der Waals surface area contributed by atoms with Crippen LogP contribution in [0.5, 0.6) is 5.75 Å². The molecule has 126 valence electrons. The van der Waals surface area contributed by atoms with Crippen LogP contribution in [0.1, 0.15) is 18.4 Å². The van der Waals surface area contributed by atoms with Gasteiger partial charge in [-0.25, -0.2) is 0 Å². The summed E-state index contributed by atoms with van der Waals surface area (Å²) in [6, 6.07) is 7.64. The Bertz CT molecular complexity index is 522. The zero-order valence-corrected chi connectivity index (χ0v) is 13.5. The number of hydrogen-bond acceptors (Lipinski definition) is 4. The molecule has 1 fully saturated rings. The van der Waals surface area contributed by atoms with Gasteiger partial charge in [0.15, 0.2) is 6.61 Å². The Morgan fingerprint density at radius 3 is 2.39 bits per heavy atom. The standard InChI is InChI=1S/C17H24N2O4/c1-14-4-6-15(7-5-14)23-13-16(20)19-11-9-18(10-12-19)8-2-3-17(21)22/h4-7H,2-3,8-13H2,1H3,(H,21,22). The van der Waals surface area contributed by atoms with Crippen molar-refractivity contribution in [1.82, 2.24) is 9.80 Å². The number of benzene rings is 1. The van der Waals surface area contributed by atoms with Crippen molar-refractivity contribution >= 4 is 11.9 Å². The van der Waals surface area contributed by atoms with E-state index in [1.165, 1.54) is 0 Å². The first-order chi connectivity index (χ1) is 11.0. The van der Waals surface area contributed by atoms with Gasteiger partial charge in [0.1, 0.15) is 5.75 Å². The number of piperazine rings is 1. The average Bonchev–Trinajstić information content (AvgIpc) is 2.54. The summed E-state index contributed by atoms with van der Waals surface area (Å²) in [6.45, 7) is 5.75. The van der Waals surface area contributed by atoms with E-state index >= 15 is 0 Å². The molecule has 23 heavy (non-hydrogen) atoms. The van der Waals surface area contributed by atoms with Gasteiger partial charge in [-0.3, -0.25) is 14.5 Å². The van der Waals surface area contributed by atoms with Gasteiger partial charge in [-0.05, 0) is 32.0 Å². The quantitative estimate of drug-likeness (QED) is 0.822. The maximum absolute atomic E-state index is 12.2. The molecule has 1 aromatic rings. The summed E-state index contributed by atoms with van der Waals surface area (Å²) in [7, 11) is 0. The first kappa shape index (κ1) is 17.3. The number of aryl methyl sites for hydroxylation is 1. The minimum absolute atomic E-state index is 0.00393. The zero-order valence-electron chi connectivity index (χ0n) is 13.5. The van der Waals surface area contributed by atoms with Crippen molar-refractivity contribution in [2.45, 2.75) is 19.8 Å². The number of rotatable bonds is 7. The summed E-state index contributed by atoms with van der Waals surface area (Å²) in [6.07, 6.45) is 0.851. The summed E-state index contributed by atoms with van der Waals surface area (Å²) in [5.74, 6) is -0.0564. The van der Waals surface area contributed by atoms with Crippen molar-refractivity contribution in [1.29, 1.82) is 0 Å². The monoisotopic (exact) mass is 320 g/mol. The van der Waals surface area contributed by atoms with E-state index in [1.807, 2.05) is 36.1 Å². The van der Waals surface area contributed by atoms with E-state index in [0.717, 1.165) is 25.2 Å². The third kappa shape index (κ3) is 5.90. The van der Waals surface area contributed by atoms with Gasteiger partial charge in [0.05, 0.1) is 0 Å². The summed E-state index contributed by atoms with van der Waals surface area (Å²) in [5, 5.41) is 8.64. The molecular weight excluding hydrogens is 296 g/mol. The highest BCUT2D eigenvalue weighted by atomic mass is 16.5. The first-order valence-corrected chi connectivity index (χ1v) is 7.96. The Morgan fingerprint density at radius 1 is 1.13 bits per heavy atom. The van der Waals surface area contributed by atoms with Crippen LogP contribution in [-0.2, 0) is 9.59 Å². The van der Waals surface area contributed by atoms with E-state index in [1.54, 1.807) is 0 Å². The van der Waals surface area contributed by atoms with Crippen LogP contribution in [-0.4, -0.2) is 66.1 Å². The molecule has 0 aliphatic carbocycles. The van der Waals surface area contributed by atoms with E-state index in [2.05, 4.69) is 4.90 Å². The van der Waals surface area contributed by atoms with E-state index in [9.17, 15) is 9.59 Å². The van der Waals surface area contributed by atoms with Crippen molar-refractivity contribution in [2.24, 2.45) is 0 Å². The number of aliphatic carboxylic acids is 1. The highest BCUT2D eigenvalue weighted by Gasteiger charge is 2.21. The molecule has 0 atom stereocenters. The molecule has 0 unspecified atom stereocenters. The van der Waals surface area contributed by atoms with Gasteiger partial charge in [0.25, 0.3) is 5.91 Å². The van der Waals surface area contributed by atoms with Gasteiger partial charge < -0.3 is 14.7 Å². The van der Waals surface area contributed by atoms with Gasteiger partial charge in [-0.1, -0.05) is 17.7 Å². The Morgan fingerprint density at radius 2 is 1.78 bits per heavy atom. The Balaban J connectivity index is 1.67. The van der Waals surface area contributed by atoms with Crippen LogP contribution in [0.3, 0.4) is 0 Å². The molecule has 0 bridgehead atoms. The number of hydrogen-bond donors (Lipinski definition) is 1. The molecule has 1 aliphatic heterocycles. The third-order valence-electron chi connectivity index (χ3n) is 3.97. The molecule has 1 N–H and O–H groups in total. The maximum atomic E-state index is 12.2. The van der Waals surface area contributed by atoms with Crippen molar-refractivity contribution in [3.05, 3.63) is 29.8 Å². The molecule has 0 saturated carbocycles. The predicted octanol–water partition coefficient (Wildman–Crippen LogP) is 1.38. The highest BCUT2D eigenvalue weighted by molar-refractivity contribution is 5.77. The number of carbonyl (C=O) groups excluding carboxylic acids is 1. The lowest BCUT2D eigenvalue weighted by atomic mass is 10.2. The van der Waals surface area contributed by atoms with Gasteiger partial charge in [-0.15, -0.1) is 0 Å². The topological polar surface area (TPSA) is 70.1 Å². The van der Waals surface area contributed by atoms with Crippen LogP contribution in [0.25, 0.3) is 0 Å². The zero-order chi connectivity index (χ0) is 16.7. The van der Waals surface area contributed by atoms with Crippen molar-refractivity contribution in [2.75, 3.05) is 39.3 Å². The lowest BCUT2D eigenvalue weighted by Crippen LogP contribution is -2.50. The van der Waals surface area contributed by atoms with Crippen LogP contribution >= 0.6 is 0 Å². The minimum Gasteiger partial charge on any atom is -0.484 e. The molecule has 1 saturated heterocycles. The van der Waals surface area contributed by atoms with Crippen molar-refractivity contribution in [3.63, 3.8) is 0 Å². The molecule has 1 aromatic carbocycles. The number of carboxylic acids is 1. The van der Waals surface area contributed by atoms with E-state index < -0.39 is 5.97 Å². The molecule has 1 heterocycles. The lowest BCUT2D eigenvalue weighted by Gasteiger charge is -2.34. The molecule has 6 heteroatoms. The van der Waals surface area contributed by atoms with Gasteiger partial charge in [0, 0.05) is 32.6 Å². The fourth-order valence-corrected chi connectivity index (χ4v) is 2.55. The normalized spacial score (nSPS) is 15.4. The number of nitrogens with zero attached hydrogens (tertiary/aromatic N) is 2. The van der Waals surface area contributed by atoms with Crippen LogP contribution < -0.4 is 4.74 Å². The van der Waals surface area contributed by atoms with E-state index in [0.29, 0.717) is 25.3 Å². The molecule has 1 aliphatic rings. The fraction of sp³-hybridized carbons (Fsp3) is 0.529. The SMILES string of the molecule is Cc1ccc(OCC(=O)N2CCN(CCCC(=O)O)CC2)cc1. The summed E-state index contributed by atoms with van der Waals surface area (Å²) >= 11 is 0. The predicted molar refractivity (Wildman–Crippen MR) is 86.6 cm³/mol. The highest BCUT2D eigenvalue weighted by Crippen LogP contribution is 2.12. The van der Waals surface area contributed by atoms with Crippen LogP contribution in [0.4, 0.5) is 0 Å². The number of carboxylic acid groups (broad SMARTS) is 1. The first-order valence-electron chi connectivity index (χ1n) is 7.96. The molecular formula is C17H24N2O4. The number of ether oxygens (including phenoxy) is 1. The van der Waals surface area contributed by atoms with Crippen molar-refractivity contribution < 1.29 is 19.4 Å². The maximum Gasteiger partial charge on any atom is 0.303 e. The summed E-state index contributed by atoms with van der Waals surface area (Å²) in [5.41, 5.74) is 1.16. The molecule has 2 rings (SSSR count). The molecule has 0 radical (unpaired) electrons. The summed E-state index contributed by atoms with van der Waals surface area (Å²) in [4.78, 5) is 26.7. The van der Waals surface area contributed by atoms with E-state index in [-0.39, 0.29) is 18.9 Å². The third-order valence-corrected chi connectivity index (χ3v) is 3.97. The summed E-state index contributed by atoms with van der Waals surface area (Å²) < 4.78 is 5.52. The van der Waals surface area contributed by atoms with Crippen LogP contribution in [0, 0.1) is 6.92 Å². The Labute approximate surface area is 136 Å². The molecule has 6 nitrogen and oxygen atoms in total. The van der Waals surface area contributed by atoms with Crippen LogP contribution in [0.2, 0.25) is 0 Å². The molecule has 0 spiro atoms. The second-order valence-corrected chi connectivity index (χ2v) is 5.82. The minimum atomic E-state index is -0.757. The molecule has 0 aromatic heterocycles. The van der Waals surface area contributed by atoms with Gasteiger partial charge >= 0.3 is 5.97 Å².